The van der Waals surface area contributed by atoms with Gasteiger partial charge in [0.05, 0.1) is 0 Å². The van der Waals surface area contributed by atoms with Crippen molar-refractivity contribution in [1.29, 1.82) is 0 Å². The fraction of sp³-hybridized carbons (Fsp3) is 0. The third-order valence-electron chi connectivity index (χ3n) is 0. The molecule has 0 saturated heterocycles. The minimum atomic E-state index is 0. The molecule has 0 aliphatic carbocycles. The van der Waals surface area contributed by atoms with E-state index < -0.39 is 0 Å². The first-order valence-electron chi connectivity index (χ1n) is 0. The van der Waals surface area contributed by atoms with Gasteiger partial charge >= 0.3 is 80.9 Å². The Kier molecular flexibility index (Phi) is 167. The van der Waals surface area contributed by atoms with Gasteiger partial charge in [0, 0.05) is 27.7 Å². The first-order chi connectivity index (χ1) is 0. The van der Waals surface area contributed by atoms with Gasteiger partial charge in [-0.05, 0) is 0 Å². The fourth-order valence-corrected chi connectivity index (χ4v) is 0. The second-order valence-corrected chi connectivity index (χ2v) is 0. The standard InChI is InChI=1S/Hg.HI.K.Na.H2O.2H/h;1H;;;1H2;;/q;;2*+1;;2*-1. The first-order valence-corrected chi connectivity index (χ1v) is 0. The Balaban J connectivity index is 0. The molecular weight excluding hydrogens is 406 g/mol. The van der Waals surface area contributed by atoms with Crippen molar-refractivity contribution in [3.05, 3.63) is 0 Å². The molecule has 1 nitrogen and oxygen atoms in total. The molecule has 2 N–H and O–H groups in total. The molecule has 0 aliphatic rings. The molecule has 5 heteroatoms. The van der Waals surface area contributed by atoms with E-state index in [2.05, 4.69) is 0 Å². The van der Waals surface area contributed by atoms with Crippen LogP contribution in [0.15, 0.2) is 0 Å². The van der Waals surface area contributed by atoms with Crippen molar-refractivity contribution in [2.24, 2.45) is 0 Å². The summed E-state index contributed by atoms with van der Waals surface area (Å²) >= 11 is 0. The zero-order chi connectivity index (χ0) is 0. The van der Waals surface area contributed by atoms with Gasteiger partial charge in [-0.25, -0.2) is 0 Å². The van der Waals surface area contributed by atoms with E-state index in [9.17, 15) is 0 Å². The van der Waals surface area contributed by atoms with Gasteiger partial charge in [-0.2, -0.15) is 0 Å². The quantitative estimate of drug-likeness (QED) is 0.281. The molecule has 0 aromatic rings. The molecular formula is H5HgIKNaO. The van der Waals surface area contributed by atoms with E-state index in [-0.39, 0.29) is 141 Å². The van der Waals surface area contributed by atoms with E-state index in [1.807, 2.05) is 0 Å². The van der Waals surface area contributed by atoms with Crippen LogP contribution in [0.5, 0.6) is 0 Å². The first kappa shape index (κ1) is 34.8. The summed E-state index contributed by atoms with van der Waals surface area (Å²) < 4.78 is 0. The molecule has 0 radical (unpaired) electrons. The maximum absolute atomic E-state index is 0. The van der Waals surface area contributed by atoms with Crippen molar-refractivity contribution >= 4 is 24.0 Å². The molecule has 0 aromatic heterocycles. The van der Waals surface area contributed by atoms with Crippen molar-refractivity contribution in [1.82, 2.24) is 0 Å². The van der Waals surface area contributed by atoms with Crippen LogP contribution >= 0.6 is 24.0 Å². The summed E-state index contributed by atoms with van der Waals surface area (Å²) in [6.07, 6.45) is 0. The Hall–Kier alpha value is 4.26. The molecule has 22 valence electrons. The Morgan fingerprint density at radius 2 is 1.20 bits per heavy atom. The average Bonchev–Trinajstić information content (AvgIpc) is 0. The third kappa shape index (κ3) is 17.8. The molecule has 0 aliphatic heterocycles. The predicted molar refractivity (Wildman–Crippen MR) is 21.3 cm³/mol. The Morgan fingerprint density at radius 3 is 1.20 bits per heavy atom. The third-order valence-corrected chi connectivity index (χ3v) is 0. The van der Waals surface area contributed by atoms with Gasteiger partial charge in [-0.15, -0.1) is 24.0 Å². The van der Waals surface area contributed by atoms with Crippen molar-refractivity contribution in [3.8, 4) is 0 Å². The molecule has 0 rings (SSSR count). The van der Waals surface area contributed by atoms with Crippen molar-refractivity contribution in [2.45, 2.75) is 0 Å². The molecule has 0 heterocycles. The summed E-state index contributed by atoms with van der Waals surface area (Å²) in [4.78, 5) is 0. The normalized spacial score (nSPS) is 0. The van der Waals surface area contributed by atoms with Gasteiger partial charge in [-0.3, -0.25) is 0 Å². The summed E-state index contributed by atoms with van der Waals surface area (Å²) in [5.41, 5.74) is 0. The van der Waals surface area contributed by atoms with E-state index in [1.165, 1.54) is 0 Å². The minimum Gasteiger partial charge on any atom is -1.00 e. The summed E-state index contributed by atoms with van der Waals surface area (Å²) in [6, 6.07) is 0. The molecule has 0 aromatic carbocycles. The Labute approximate surface area is 137 Å². The Bertz CT molecular complexity index is 17.7. The maximum Gasteiger partial charge on any atom is 1.00 e. The topological polar surface area (TPSA) is 31.5 Å². The molecule has 0 unspecified atom stereocenters. The van der Waals surface area contributed by atoms with Crippen LogP contribution in [-0.2, 0) is 27.7 Å². The van der Waals surface area contributed by atoms with Crippen molar-refractivity contribution < 1.29 is 117 Å². The predicted octanol–water partition coefficient (Wildman–Crippen LogP) is -5.98. The van der Waals surface area contributed by atoms with Crippen molar-refractivity contribution in [3.63, 3.8) is 0 Å². The molecule has 0 spiro atoms. The van der Waals surface area contributed by atoms with Crippen LogP contribution in [0.2, 0.25) is 0 Å². The van der Waals surface area contributed by atoms with E-state index >= 15 is 0 Å². The van der Waals surface area contributed by atoms with Crippen LogP contribution in [0, 0.1) is 0 Å². The second-order valence-electron chi connectivity index (χ2n) is 0. The molecule has 0 amide bonds. The monoisotopic (exact) mass is 412 g/mol. The van der Waals surface area contributed by atoms with Gasteiger partial charge in [-0.1, -0.05) is 0 Å². The summed E-state index contributed by atoms with van der Waals surface area (Å²) in [5.74, 6) is 0. The zero-order valence-corrected chi connectivity index (χ0v) is 16.6. The number of hydrogen-bond acceptors (Lipinski definition) is 0. The van der Waals surface area contributed by atoms with Crippen LogP contribution < -0.4 is 80.9 Å². The van der Waals surface area contributed by atoms with E-state index in [4.69, 9.17) is 0 Å². The van der Waals surface area contributed by atoms with Gasteiger partial charge in [0.1, 0.15) is 0 Å². The fourth-order valence-electron chi connectivity index (χ4n) is 0. The second kappa shape index (κ2) is 24.0. The smallest absolute Gasteiger partial charge is 1.00 e. The van der Waals surface area contributed by atoms with Crippen LogP contribution in [0.4, 0.5) is 0 Å². The number of hydrogen-bond donors (Lipinski definition) is 0. The van der Waals surface area contributed by atoms with E-state index in [1.54, 1.807) is 0 Å². The van der Waals surface area contributed by atoms with Crippen molar-refractivity contribution in [2.75, 3.05) is 0 Å². The largest absolute Gasteiger partial charge is 1.00 e. The average molecular weight is 411 g/mol. The van der Waals surface area contributed by atoms with Crippen LogP contribution in [0.25, 0.3) is 0 Å². The van der Waals surface area contributed by atoms with Crippen LogP contribution in [-0.4, -0.2) is 5.48 Å². The molecule has 0 bridgehead atoms. The number of halogens is 1. The van der Waals surface area contributed by atoms with Gasteiger partial charge < -0.3 is 8.33 Å². The van der Waals surface area contributed by atoms with Gasteiger partial charge in [0.25, 0.3) is 0 Å². The van der Waals surface area contributed by atoms with Crippen LogP contribution in [0.1, 0.15) is 2.85 Å². The minimum absolute atomic E-state index is 0. The SMILES string of the molecule is I.O.[H-].[H-].[Hg].[K+].[Na+]. The molecule has 5 heavy (non-hydrogen) atoms. The molecule has 0 atom stereocenters. The van der Waals surface area contributed by atoms with Crippen LogP contribution in [0.3, 0.4) is 0 Å². The summed E-state index contributed by atoms with van der Waals surface area (Å²) in [5, 5.41) is 0. The zero-order valence-electron chi connectivity index (χ0n) is 5.62. The Morgan fingerprint density at radius 1 is 1.20 bits per heavy atom. The number of rotatable bonds is 0. The van der Waals surface area contributed by atoms with Gasteiger partial charge in [0.2, 0.25) is 0 Å². The van der Waals surface area contributed by atoms with E-state index in [0.29, 0.717) is 0 Å². The summed E-state index contributed by atoms with van der Waals surface area (Å²) in [7, 11) is 0. The maximum atomic E-state index is 0. The van der Waals surface area contributed by atoms with E-state index in [0.717, 1.165) is 0 Å². The molecule has 0 fully saturated rings. The molecule has 0 saturated carbocycles. The summed E-state index contributed by atoms with van der Waals surface area (Å²) in [6.45, 7) is 0. The van der Waals surface area contributed by atoms with Gasteiger partial charge in [0.15, 0.2) is 0 Å².